The van der Waals surface area contributed by atoms with E-state index in [4.69, 9.17) is 4.52 Å². The van der Waals surface area contributed by atoms with E-state index in [1.165, 1.54) is 12.8 Å². The van der Waals surface area contributed by atoms with Crippen LogP contribution < -0.4 is 5.32 Å². The average Bonchev–Trinajstić information content (AvgIpc) is 2.76. The van der Waals surface area contributed by atoms with Gasteiger partial charge in [0.25, 0.3) is 0 Å². The first-order valence-corrected chi connectivity index (χ1v) is 4.47. The number of nitrogens with zero attached hydrogens (tertiary/aromatic N) is 1. The molecule has 1 N–H and O–H groups in total. The van der Waals surface area contributed by atoms with E-state index < -0.39 is 0 Å². The van der Waals surface area contributed by atoms with Crippen LogP contribution in [0, 0.1) is 12.8 Å². The Balaban J connectivity index is 1.71. The fourth-order valence-electron chi connectivity index (χ4n) is 1.23. The zero-order valence-corrected chi connectivity index (χ0v) is 7.34. The fraction of sp³-hybridized carbons (Fsp3) is 0.667. The molecular weight excluding hydrogens is 152 g/mol. The molecule has 0 aliphatic heterocycles. The Hall–Kier alpha value is -0.830. The molecule has 0 atom stereocenters. The van der Waals surface area contributed by atoms with Crippen LogP contribution in [-0.4, -0.2) is 11.7 Å². The standard InChI is InChI=1S/C9H14N2O/c1-7-4-9(11-12-7)6-10-5-8-2-3-8/h4,8,10H,2-3,5-6H2,1H3. The van der Waals surface area contributed by atoms with Crippen molar-refractivity contribution in [2.24, 2.45) is 5.92 Å². The summed E-state index contributed by atoms with van der Waals surface area (Å²) >= 11 is 0. The van der Waals surface area contributed by atoms with Crippen molar-refractivity contribution in [1.29, 1.82) is 0 Å². The van der Waals surface area contributed by atoms with Crippen LogP contribution in [0.4, 0.5) is 0 Å². The number of aromatic nitrogens is 1. The highest BCUT2D eigenvalue weighted by Gasteiger charge is 2.20. The predicted molar refractivity (Wildman–Crippen MR) is 45.7 cm³/mol. The summed E-state index contributed by atoms with van der Waals surface area (Å²) in [5.74, 6) is 1.82. The van der Waals surface area contributed by atoms with Gasteiger partial charge in [0.1, 0.15) is 5.76 Å². The van der Waals surface area contributed by atoms with Crippen molar-refractivity contribution < 1.29 is 4.52 Å². The van der Waals surface area contributed by atoms with Crippen LogP contribution in [0.25, 0.3) is 0 Å². The van der Waals surface area contributed by atoms with Crippen molar-refractivity contribution in [3.63, 3.8) is 0 Å². The molecule has 0 bridgehead atoms. The molecule has 1 saturated carbocycles. The maximum atomic E-state index is 4.95. The molecular formula is C9H14N2O. The van der Waals surface area contributed by atoms with Gasteiger partial charge in [-0.2, -0.15) is 0 Å². The van der Waals surface area contributed by atoms with Crippen LogP contribution in [0.5, 0.6) is 0 Å². The number of aryl methyl sites for hydroxylation is 1. The largest absolute Gasteiger partial charge is 0.361 e. The average molecular weight is 166 g/mol. The van der Waals surface area contributed by atoms with Gasteiger partial charge in [-0.3, -0.25) is 0 Å². The summed E-state index contributed by atoms with van der Waals surface area (Å²) < 4.78 is 4.95. The Labute approximate surface area is 72.1 Å². The van der Waals surface area contributed by atoms with Crippen LogP contribution in [-0.2, 0) is 6.54 Å². The molecule has 1 aliphatic carbocycles. The molecule has 1 aromatic heterocycles. The van der Waals surface area contributed by atoms with Crippen molar-refractivity contribution in [3.8, 4) is 0 Å². The van der Waals surface area contributed by atoms with Crippen molar-refractivity contribution in [2.75, 3.05) is 6.54 Å². The van der Waals surface area contributed by atoms with Gasteiger partial charge in [0.2, 0.25) is 0 Å². The Bertz CT molecular complexity index is 253. The summed E-state index contributed by atoms with van der Waals surface area (Å²) in [6.45, 7) is 3.89. The minimum absolute atomic E-state index is 0.841. The molecule has 0 amide bonds. The number of hydrogen-bond acceptors (Lipinski definition) is 3. The van der Waals surface area contributed by atoms with Crippen LogP contribution in [0.1, 0.15) is 24.3 Å². The van der Waals surface area contributed by atoms with E-state index in [9.17, 15) is 0 Å². The highest BCUT2D eigenvalue weighted by atomic mass is 16.5. The number of rotatable bonds is 4. The number of nitrogens with one attached hydrogen (secondary N) is 1. The minimum Gasteiger partial charge on any atom is -0.361 e. The van der Waals surface area contributed by atoms with Gasteiger partial charge in [0, 0.05) is 12.6 Å². The lowest BCUT2D eigenvalue weighted by molar-refractivity contribution is 0.388. The lowest BCUT2D eigenvalue weighted by Crippen LogP contribution is -2.16. The normalized spacial score (nSPS) is 16.8. The van der Waals surface area contributed by atoms with Gasteiger partial charge in [-0.1, -0.05) is 5.16 Å². The predicted octanol–water partition coefficient (Wildman–Crippen LogP) is 1.48. The zero-order valence-electron chi connectivity index (χ0n) is 7.34. The summed E-state index contributed by atoms with van der Waals surface area (Å²) in [6.07, 6.45) is 2.79. The Morgan fingerprint density at radius 1 is 1.67 bits per heavy atom. The molecule has 0 unspecified atom stereocenters. The Kier molecular flexibility index (Phi) is 2.13. The molecule has 1 aliphatic rings. The summed E-state index contributed by atoms with van der Waals surface area (Å²) in [7, 11) is 0. The molecule has 66 valence electrons. The second-order valence-corrected chi connectivity index (χ2v) is 3.50. The minimum atomic E-state index is 0.841. The summed E-state index contributed by atoms with van der Waals surface area (Å²) in [4.78, 5) is 0. The SMILES string of the molecule is Cc1cc(CNCC2CC2)no1. The van der Waals surface area contributed by atoms with Gasteiger partial charge < -0.3 is 9.84 Å². The van der Waals surface area contributed by atoms with Gasteiger partial charge >= 0.3 is 0 Å². The van der Waals surface area contributed by atoms with Gasteiger partial charge in [0.15, 0.2) is 0 Å². The first-order chi connectivity index (χ1) is 5.84. The smallest absolute Gasteiger partial charge is 0.133 e. The van der Waals surface area contributed by atoms with E-state index in [1.807, 2.05) is 13.0 Å². The van der Waals surface area contributed by atoms with E-state index in [0.29, 0.717) is 0 Å². The molecule has 1 fully saturated rings. The van der Waals surface area contributed by atoms with Crippen LogP contribution in [0.2, 0.25) is 0 Å². The van der Waals surface area contributed by atoms with E-state index in [2.05, 4.69) is 10.5 Å². The molecule has 0 aromatic carbocycles. The van der Waals surface area contributed by atoms with Gasteiger partial charge in [0.05, 0.1) is 5.69 Å². The Morgan fingerprint density at radius 3 is 3.08 bits per heavy atom. The first-order valence-electron chi connectivity index (χ1n) is 4.47. The van der Waals surface area contributed by atoms with E-state index in [-0.39, 0.29) is 0 Å². The third-order valence-corrected chi connectivity index (χ3v) is 2.11. The zero-order chi connectivity index (χ0) is 8.39. The first kappa shape index (κ1) is 7.80. The van der Waals surface area contributed by atoms with Gasteiger partial charge in [-0.25, -0.2) is 0 Å². The van der Waals surface area contributed by atoms with Crippen LogP contribution in [0.15, 0.2) is 10.6 Å². The molecule has 12 heavy (non-hydrogen) atoms. The lowest BCUT2D eigenvalue weighted by Gasteiger charge is -1.97. The van der Waals surface area contributed by atoms with Crippen molar-refractivity contribution in [3.05, 3.63) is 17.5 Å². The molecule has 1 heterocycles. The molecule has 3 heteroatoms. The van der Waals surface area contributed by atoms with Crippen molar-refractivity contribution in [1.82, 2.24) is 10.5 Å². The van der Waals surface area contributed by atoms with E-state index in [1.54, 1.807) is 0 Å². The topological polar surface area (TPSA) is 38.1 Å². The molecule has 0 spiro atoms. The highest BCUT2D eigenvalue weighted by molar-refractivity contribution is 5.02. The van der Waals surface area contributed by atoms with Gasteiger partial charge in [-0.05, 0) is 32.2 Å². The fourth-order valence-corrected chi connectivity index (χ4v) is 1.23. The molecule has 1 aromatic rings. The molecule has 0 radical (unpaired) electrons. The molecule has 3 nitrogen and oxygen atoms in total. The second kappa shape index (κ2) is 3.27. The second-order valence-electron chi connectivity index (χ2n) is 3.50. The van der Waals surface area contributed by atoms with Crippen LogP contribution >= 0.6 is 0 Å². The Morgan fingerprint density at radius 2 is 2.50 bits per heavy atom. The highest BCUT2D eigenvalue weighted by Crippen LogP contribution is 2.27. The quantitative estimate of drug-likeness (QED) is 0.736. The molecule has 0 saturated heterocycles. The summed E-state index contributed by atoms with van der Waals surface area (Å²) in [6, 6.07) is 1.97. The third kappa shape index (κ3) is 2.08. The summed E-state index contributed by atoms with van der Waals surface area (Å²) in [5.41, 5.74) is 1.01. The third-order valence-electron chi connectivity index (χ3n) is 2.11. The maximum Gasteiger partial charge on any atom is 0.133 e. The molecule has 2 rings (SSSR count). The lowest BCUT2D eigenvalue weighted by atomic mass is 10.3. The maximum absolute atomic E-state index is 4.95. The monoisotopic (exact) mass is 166 g/mol. The van der Waals surface area contributed by atoms with Crippen molar-refractivity contribution in [2.45, 2.75) is 26.3 Å². The number of hydrogen-bond donors (Lipinski definition) is 1. The summed E-state index contributed by atoms with van der Waals surface area (Å²) in [5, 5.41) is 7.25. The van der Waals surface area contributed by atoms with E-state index >= 15 is 0 Å². The van der Waals surface area contributed by atoms with Crippen molar-refractivity contribution >= 4 is 0 Å². The van der Waals surface area contributed by atoms with Crippen LogP contribution in [0.3, 0.4) is 0 Å². The van der Waals surface area contributed by atoms with E-state index in [0.717, 1.165) is 30.5 Å². The van der Waals surface area contributed by atoms with Gasteiger partial charge in [-0.15, -0.1) is 0 Å².